The fourth-order valence-corrected chi connectivity index (χ4v) is 1.77. The van der Waals surface area contributed by atoms with E-state index in [0.717, 1.165) is 0 Å². The van der Waals surface area contributed by atoms with Crippen molar-refractivity contribution in [3.8, 4) is 0 Å². The predicted molar refractivity (Wildman–Crippen MR) is 57.2 cm³/mol. The fraction of sp³-hybridized carbons (Fsp3) is 0.778. The highest BCUT2D eigenvalue weighted by Crippen LogP contribution is 2.11. The SMILES string of the molecule is CCC1C(=O)NCCN1C(=O)C(C)S. The van der Waals surface area contributed by atoms with Crippen molar-refractivity contribution in [2.24, 2.45) is 0 Å². The second kappa shape index (κ2) is 4.68. The molecule has 0 aliphatic carbocycles. The Kier molecular flexibility index (Phi) is 3.80. The summed E-state index contributed by atoms with van der Waals surface area (Å²) >= 11 is 4.09. The minimum atomic E-state index is -0.338. The van der Waals surface area contributed by atoms with Gasteiger partial charge in [-0.3, -0.25) is 9.59 Å². The number of nitrogens with zero attached hydrogens (tertiary/aromatic N) is 1. The van der Waals surface area contributed by atoms with Crippen LogP contribution in [-0.2, 0) is 9.59 Å². The van der Waals surface area contributed by atoms with E-state index in [1.807, 2.05) is 6.92 Å². The largest absolute Gasteiger partial charge is 0.353 e. The molecule has 4 nitrogen and oxygen atoms in total. The number of carbonyl (C=O) groups excluding carboxylic acids is 2. The van der Waals surface area contributed by atoms with Crippen LogP contribution in [0.25, 0.3) is 0 Å². The van der Waals surface area contributed by atoms with Crippen LogP contribution in [-0.4, -0.2) is 41.1 Å². The molecule has 14 heavy (non-hydrogen) atoms. The van der Waals surface area contributed by atoms with E-state index in [1.54, 1.807) is 11.8 Å². The minimum absolute atomic E-state index is 0.0546. The third-order valence-electron chi connectivity index (χ3n) is 2.36. The molecule has 2 atom stereocenters. The first-order valence-corrected chi connectivity index (χ1v) is 5.35. The number of piperazine rings is 1. The van der Waals surface area contributed by atoms with Crippen molar-refractivity contribution in [3.63, 3.8) is 0 Å². The van der Waals surface area contributed by atoms with E-state index in [4.69, 9.17) is 0 Å². The van der Waals surface area contributed by atoms with E-state index in [1.165, 1.54) is 0 Å². The van der Waals surface area contributed by atoms with Crippen molar-refractivity contribution in [1.82, 2.24) is 10.2 Å². The van der Waals surface area contributed by atoms with E-state index in [2.05, 4.69) is 17.9 Å². The summed E-state index contributed by atoms with van der Waals surface area (Å²) in [5.74, 6) is -0.115. The molecule has 1 rings (SSSR count). The molecule has 1 saturated heterocycles. The van der Waals surface area contributed by atoms with E-state index in [9.17, 15) is 9.59 Å². The average Bonchev–Trinajstić information content (AvgIpc) is 2.16. The molecule has 0 aromatic carbocycles. The average molecular weight is 216 g/mol. The number of nitrogens with one attached hydrogen (secondary N) is 1. The lowest BCUT2D eigenvalue weighted by molar-refractivity contribution is -0.142. The van der Waals surface area contributed by atoms with Gasteiger partial charge in [-0.25, -0.2) is 0 Å². The van der Waals surface area contributed by atoms with Crippen molar-refractivity contribution >= 4 is 24.4 Å². The molecular formula is C9H16N2O2S. The summed E-state index contributed by atoms with van der Waals surface area (Å²) in [5, 5.41) is 2.41. The Morgan fingerprint density at radius 1 is 1.79 bits per heavy atom. The molecule has 2 unspecified atom stereocenters. The molecule has 1 fully saturated rings. The van der Waals surface area contributed by atoms with Crippen LogP contribution in [0.2, 0.25) is 0 Å². The molecule has 0 saturated carbocycles. The number of hydrogen-bond acceptors (Lipinski definition) is 3. The minimum Gasteiger partial charge on any atom is -0.353 e. The van der Waals surface area contributed by atoms with Gasteiger partial charge in [-0.05, 0) is 13.3 Å². The van der Waals surface area contributed by atoms with Gasteiger partial charge in [-0.15, -0.1) is 0 Å². The van der Waals surface area contributed by atoms with Crippen molar-refractivity contribution in [1.29, 1.82) is 0 Å². The topological polar surface area (TPSA) is 49.4 Å². The highest BCUT2D eigenvalue weighted by atomic mass is 32.1. The Morgan fingerprint density at radius 2 is 2.43 bits per heavy atom. The van der Waals surface area contributed by atoms with E-state index < -0.39 is 0 Å². The zero-order valence-corrected chi connectivity index (χ0v) is 9.38. The van der Waals surface area contributed by atoms with Gasteiger partial charge in [0, 0.05) is 13.1 Å². The molecule has 1 aliphatic heterocycles. The highest BCUT2D eigenvalue weighted by molar-refractivity contribution is 7.81. The van der Waals surface area contributed by atoms with Gasteiger partial charge in [0.25, 0.3) is 0 Å². The van der Waals surface area contributed by atoms with Gasteiger partial charge in [-0.1, -0.05) is 6.92 Å². The van der Waals surface area contributed by atoms with E-state index >= 15 is 0 Å². The van der Waals surface area contributed by atoms with Crippen LogP contribution in [0.1, 0.15) is 20.3 Å². The molecule has 0 radical (unpaired) electrons. The molecular weight excluding hydrogens is 200 g/mol. The third kappa shape index (κ3) is 2.20. The Labute approximate surface area is 89.4 Å². The fourth-order valence-electron chi connectivity index (χ4n) is 1.62. The van der Waals surface area contributed by atoms with Gasteiger partial charge in [-0.2, -0.15) is 12.6 Å². The molecule has 0 aromatic heterocycles. The van der Waals surface area contributed by atoms with Gasteiger partial charge in [0.1, 0.15) is 6.04 Å². The zero-order chi connectivity index (χ0) is 10.7. The molecule has 0 aromatic rings. The Balaban J connectivity index is 2.74. The Bertz CT molecular complexity index is 243. The molecule has 2 amide bonds. The maximum atomic E-state index is 11.7. The van der Waals surface area contributed by atoms with Crippen molar-refractivity contribution in [2.75, 3.05) is 13.1 Å². The maximum absolute atomic E-state index is 11.7. The number of rotatable bonds is 2. The summed E-state index contributed by atoms with van der Waals surface area (Å²) in [4.78, 5) is 24.7. The second-order valence-electron chi connectivity index (χ2n) is 3.42. The van der Waals surface area contributed by atoms with Crippen molar-refractivity contribution in [3.05, 3.63) is 0 Å². The third-order valence-corrected chi connectivity index (χ3v) is 2.58. The first-order chi connectivity index (χ1) is 6.57. The van der Waals surface area contributed by atoms with E-state index in [0.29, 0.717) is 19.5 Å². The molecule has 1 N–H and O–H groups in total. The van der Waals surface area contributed by atoms with Crippen LogP contribution in [0.4, 0.5) is 0 Å². The molecule has 1 heterocycles. The Morgan fingerprint density at radius 3 is 2.93 bits per heavy atom. The monoisotopic (exact) mass is 216 g/mol. The number of thiol groups is 1. The molecule has 0 spiro atoms. The lowest BCUT2D eigenvalue weighted by Gasteiger charge is -2.35. The van der Waals surface area contributed by atoms with Crippen LogP contribution < -0.4 is 5.32 Å². The normalized spacial score (nSPS) is 24.4. The number of hydrogen-bond donors (Lipinski definition) is 2. The van der Waals surface area contributed by atoms with Crippen LogP contribution in [0.5, 0.6) is 0 Å². The predicted octanol–water partition coefficient (Wildman–Crippen LogP) is 0.0417. The molecule has 5 heteroatoms. The van der Waals surface area contributed by atoms with Crippen LogP contribution in [0.3, 0.4) is 0 Å². The highest BCUT2D eigenvalue weighted by Gasteiger charge is 2.32. The summed E-state index contributed by atoms with van der Waals surface area (Å²) in [7, 11) is 0. The summed E-state index contributed by atoms with van der Waals surface area (Å²) in [5.41, 5.74) is 0. The zero-order valence-electron chi connectivity index (χ0n) is 8.49. The first kappa shape index (κ1) is 11.4. The van der Waals surface area contributed by atoms with E-state index in [-0.39, 0.29) is 23.1 Å². The quantitative estimate of drug-likeness (QED) is 0.640. The lowest BCUT2D eigenvalue weighted by Crippen LogP contribution is -2.58. The van der Waals surface area contributed by atoms with Gasteiger partial charge >= 0.3 is 0 Å². The molecule has 80 valence electrons. The van der Waals surface area contributed by atoms with Gasteiger partial charge in [0.05, 0.1) is 5.25 Å². The Hall–Kier alpha value is -0.710. The smallest absolute Gasteiger partial charge is 0.242 e. The lowest BCUT2D eigenvalue weighted by atomic mass is 10.1. The first-order valence-electron chi connectivity index (χ1n) is 4.84. The van der Waals surface area contributed by atoms with Gasteiger partial charge < -0.3 is 10.2 Å². The summed E-state index contributed by atoms with van der Waals surface area (Å²) in [6.07, 6.45) is 0.651. The summed E-state index contributed by atoms with van der Waals surface area (Å²) < 4.78 is 0. The number of amides is 2. The summed E-state index contributed by atoms with van der Waals surface area (Å²) in [6, 6.07) is -0.314. The van der Waals surface area contributed by atoms with Gasteiger partial charge in [0.2, 0.25) is 11.8 Å². The molecule has 1 aliphatic rings. The standard InChI is InChI=1S/C9H16N2O2S/c1-3-7-8(12)10-4-5-11(7)9(13)6(2)14/h6-7,14H,3-5H2,1-2H3,(H,10,12). The van der Waals surface area contributed by atoms with Crippen LogP contribution in [0.15, 0.2) is 0 Å². The van der Waals surface area contributed by atoms with Crippen molar-refractivity contribution in [2.45, 2.75) is 31.6 Å². The molecule has 0 bridgehead atoms. The van der Waals surface area contributed by atoms with Crippen LogP contribution >= 0.6 is 12.6 Å². The number of carbonyl (C=O) groups is 2. The maximum Gasteiger partial charge on any atom is 0.242 e. The van der Waals surface area contributed by atoms with Crippen LogP contribution in [0, 0.1) is 0 Å². The van der Waals surface area contributed by atoms with Gasteiger partial charge in [0.15, 0.2) is 0 Å². The second-order valence-corrected chi connectivity index (χ2v) is 4.20. The summed E-state index contributed by atoms with van der Waals surface area (Å²) in [6.45, 7) is 4.76. The van der Waals surface area contributed by atoms with Crippen molar-refractivity contribution < 1.29 is 9.59 Å².